The summed E-state index contributed by atoms with van der Waals surface area (Å²) < 4.78 is 4.68. The van der Waals surface area contributed by atoms with Crippen LogP contribution in [0.15, 0.2) is 72.8 Å². The molecule has 3 aromatic rings. The van der Waals surface area contributed by atoms with E-state index in [1.165, 1.54) is 16.7 Å². The van der Waals surface area contributed by atoms with Gasteiger partial charge in [-0.3, -0.25) is 0 Å². The predicted molar refractivity (Wildman–Crippen MR) is 98.2 cm³/mol. The quantitative estimate of drug-likeness (QED) is 0.640. The summed E-state index contributed by atoms with van der Waals surface area (Å²) in [5, 5.41) is 0. The Kier molecular flexibility index (Phi) is 4.49. The topological polar surface area (TPSA) is 0 Å². The molecule has 0 heterocycles. The van der Waals surface area contributed by atoms with E-state index in [4.69, 9.17) is 0 Å². The van der Waals surface area contributed by atoms with Crippen molar-refractivity contribution in [3.8, 4) is 0 Å². The molecule has 0 aliphatic rings. The molecule has 1 radical (unpaired) electrons. The fourth-order valence-electron chi connectivity index (χ4n) is 3.00. The number of benzene rings is 3. The van der Waals surface area contributed by atoms with Crippen LogP contribution < -0.4 is 13.2 Å². The first-order chi connectivity index (χ1) is 10.7. The molecule has 0 nitrogen and oxygen atoms in total. The molecule has 0 aromatic heterocycles. The summed E-state index contributed by atoms with van der Waals surface area (Å²) in [7, 11) is 0. The van der Waals surface area contributed by atoms with Gasteiger partial charge in [0.1, 0.15) is 0 Å². The van der Waals surface area contributed by atoms with Crippen LogP contribution >= 0.6 is 0 Å². The summed E-state index contributed by atoms with van der Waals surface area (Å²) in [6, 6.07) is 26.7. The second kappa shape index (κ2) is 6.54. The van der Waals surface area contributed by atoms with Crippen molar-refractivity contribution in [2.75, 3.05) is 0 Å². The van der Waals surface area contributed by atoms with Crippen molar-refractivity contribution in [3.63, 3.8) is 0 Å². The third-order valence-corrected chi connectivity index (χ3v) is 11.2. The molecular weight excluding hydrogens is 325 g/mol. The second-order valence-electron chi connectivity index (χ2n) is 5.82. The van der Waals surface area contributed by atoms with Gasteiger partial charge in [0.2, 0.25) is 0 Å². The van der Waals surface area contributed by atoms with Crippen molar-refractivity contribution < 1.29 is 0 Å². The molecule has 0 spiro atoms. The van der Waals surface area contributed by atoms with E-state index in [1.807, 2.05) is 0 Å². The Bertz CT molecular complexity index is 681. The van der Waals surface area contributed by atoms with Crippen LogP contribution in [-0.4, -0.2) is 14.3 Å². The van der Waals surface area contributed by atoms with Gasteiger partial charge in [0, 0.05) is 0 Å². The van der Waals surface area contributed by atoms with E-state index < -0.39 is 14.3 Å². The predicted octanol–water partition coefficient (Wildman–Crippen LogP) is 3.13. The number of hydrogen-bond acceptors (Lipinski definition) is 0. The molecule has 3 rings (SSSR count). The Morgan fingerprint density at radius 2 is 0.727 bits per heavy atom. The van der Waals surface area contributed by atoms with E-state index >= 15 is 0 Å². The van der Waals surface area contributed by atoms with Crippen LogP contribution in [0.25, 0.3) is 0 Å². The van der Waals surface area contributed by atoms with Crippen molar-refractivity contribution in [1.82, 2.24) is 0 Å². The fourth-order valence-corrected chi connectivity index (χ4v) is 9.48. The first kappa shape index (κ1) is 15.1. The van der Waals surface area contributed by atoms with Gasteiger partial charge in [0.15, 0.2) is 0 Å². The Morgan fingerprint density at radius 3 is 1.00 bits per heavy atom. The Labute approximate surface area is 137 Å². The minimum absolute atomic E-state index is 1.42. The first-order valence-corrected chi connectivity index (χ1v) is 10.9. The van der Waals surface area contributed by atoms with Gasteiger partial charge in [-0.2, -0.15) is 0 Å². The van der Waals surface area contributed by atoms with E-state index in [-0.39, 0.29) is 0 Å². The molecule has 22 heavy (non-hydrogen) atoms. The van der Waals surface area contributed by atoms with E-state index in [9.17, 15) is 0 Å². The molecule has 0 N–H and O–H groups in total. The van der Waals surface area contributed by atoms with Crippen LogP contribution in [-0.2, 0) is 0 Å². The maximum atomic E-state index is 2.34. The SMILES string of the molecule is Cc1cccc[c]1[Ge]([c]1ccccc1C)[c]1ccccc1C. The number of aryl methyl sites for hydroxylation is 3. The van der Waals surface area contributed by atoms with Crippen LogP contribution in [0.5, 0.6) is 0 Å². The molecule has 0 atom stereocenters. The summed E-state index contributed by atoms with van der Waals surface area (Å²) in [6.07, 6.45) is 0. The first-order valence-electron chi connectivity index (χ1n) is 7.73. The van der Waals surface area contributed by atoms with Crippen LogP contribution in [0.2, 0.25) is 0 Å². The molecule has 109 valence electrons. The zero-order chi connectivity index (χ0) is 15.5. The van der Waals surface area contributed by atoms with Crippen molar-refractivity contribution >= 4 is 27.5 Å². The summed E-state index contributed by atoms with van der Waals surface area (Å²) in [5.41, 5.74) is 4.26. The molecule has 0 saturated heterocycles. The van der Waals surface area contributed by atoms with Crippen LogP contribution in [0.3, 0.4) is 0 Å². The molecule has 0 unspecified atom stereocenters. The monoisotopic (exact) mass is 347 g/mol. The molecule has 0 aliphatic heterocycles. The van der Waals surface area contributed by atoms with E-state index in [1.54, 1.807) is 13.2 Å². The Balaban J connectivity index is 2.27. The Morgan fingerprint density at radius 1 is 0.455 bits per heavy atom. The molecular formula is C21H21Ge. The third kappa shape index (κ3) is 2.89. The van der Waals surface area contributed by atoms with Gasteiger partial charge in [-0.05, 0) is 0 Å². The summed E-state index contributed by atoms with van der Waals surface area (Å²) in [5.74, 6) is 0. The molecule has 0 saturated carbocycles. The fraction of sp³-hybridized carbons (Fsp3) is 0.143. The van der Waals surface area contributed by atoms with Gasteiger partial charge in [0.25, 0.3) is 0 Å². The second-order valence-corrected chi connectivity index (χ2v) is 10.8. The van der Waals surface area contributed by atoms with Crippen LogP contribution in [0, 0.1) is 20.8 Å². The zero-order valence-corrected chi connectivity index (χ0v) is 15.5. The van der Waals surface area contributed by atoms with Crippen LogP contribution in [0.1, 0.15) is 16.7 Å². The average Bonchev–Trinajstić information content (AvgIpc) is 2.53. The normalized spacial score (nSPS) is 10.9. The average molecular weight is 346 g/mol. The molecule has 0 aliphatic carbocycles. The van der Waals surface area contributed by atoms with Gasteiger partial charge in [-0.25, -0.2) is 0 Å². The maximum absolute atomic E-state index is 2.34. The number of rotatable bonds is 3. The van der Waals surface area contributed by atoms with Gasteiger partial charge < -0.3 is 0 Å². The van der Waals surface area contributed by atoms with Crippen molar-refractivity contribution in [2.45, 2.75) is 20.8 Å². The van der Waals surface area contributed by atoms with Gasteiger partial charge in [-0.15, -0.1) is 0 Å². The van der Waals surface area contributed by atoms with E-state index in [0.717, 1.165) is 0 Å². The zero-order valence-electron chi connectivity index (χ0n) is 13.4. The van der Waals surface area contributed by atoms with Gasteiger partial charge in [0.05, 0.1) is 0 Å². The molecule has 3 aromatic carbocycles. The van der Waals surface area contributed by atoms with E-state index in [0.29, 0.717) is 0 Å². The number of hydrogen-bond donors (Lipinski definition) is 0. The van der Waals surface area contributed by atoms with E-state index in [2.05, 4.69) is 93.6 Å². The molecule has 0 amide bonds. The third-order valence-electron chi connectivity index (χ3n) is 4.24. The standard InChI is InChI=1S/C21H21Ge/c1-16-10-4-7-13-19(16)22(20-14-8-5-11-17(20)2)21-15-9-6-12-18(21)3/h4-15H,1-3H3. The minimum atomic E-state index is -1.77. The Hall–Kier alpha value is -1.80. The van der Waals surface area contributed by atoms with Crippen molar-refractivity contribution in [3.05, 3.63) is 89.5 Å². The van der Waals surface area contributed by atoms with Crippen molar-refractivity contribution in [1.29, 1.82) is 0 Å². The summed E-state index contributed by atoms with van der Waals surface area (Å²) in [6.45, 7) is 6.75. The summed E-state index contributed by atoms with van der Waals surface area (Å²) >= 11 is -1.77. The van der Waals surface area contributed by atoms with Gasteiger partial charge in [-0.1, -0.05) is 0 Å². The summed E-state index contributed by atoms with van der Waals surface area (Å²) in [4.78, 5) is 0. The van der Waals surface area contributed by atoms with Crippen molar-refractivity contribution in [2.24, 2.45) is 0 Å². The molecule has 0 bridgehead atoms. The van der Waals surface area contributed by atoms with Gasteiger partial charge >= 0.3 is 138 Å². The van der Waals surface area contributed by atoms with Crippen LogP contribution in [0.4, 0.5) is 0 Å². The molecule has 1 heteroatoms. The molecule has 0 fully saturated rings.